The Kier molecular flexibility index (Phi) is 6.18. The van der Waals surface area contributed by atoms with E-state index in [2.05, 4.69) is 121 Å². The molecule has 0 bridgehead atoms. The normalized spacial score (nSPS) is 11.8. The Morgan fingerprint density at radius 2 is 0.959 bits per heavy atom. The fourth-order valence-electron chi connectivity index (χ4n) is 7.30. The Morgan fingerprint density at radius 1 is 0.347 bits per heavy atom. The van der Waals surface area contributed by atoms with Gasteiger partial charge in [-0.3, -0.25) is 0 Å². The fourth-order valence-corrected chi connectivity index (χ4v) is 7.30. The molecule has 0 N–H and O–H groups in total. The number of hydrogen-bond donors (Lipinski definition) is 0. The molecule has 0 unspecified atom stereocenters. The van der Waals surface area contributed by atoms with E-state index in [0.29, 0.717) is 5.82 Å². The fraction of sp³-hybridized carbons (Fsp3) is 0. The van der Waals surface area contributed by atoms with Gasteiger partial charge in [-0.05, 0) is 74.0 Å². The van der Waals surface area contributed by atoms with Crippen molar-refractivity contribution in [2.75, 3.05) is 0 Å². The summed E-state index contributed by atoms with van der Waals surface area (Å²) in [6.07, 6.45) is 0. The maximum Gasteiger partial charge on any atom is 0.160 e. The summed E-state index contributed by atoms with van der Waals surface area (Å²) in [5.74, 6) is 2.53. The van der Waals surface area contributed by atoms with Gasteiger partial charge in [0, 0.05) is 27.6 Å². The second-order valence-corrected chi connectivity index (χ2v) is 12.6. The molecule has 228 valence electrons. The summed E-state index contributed by atoms with van der Waals surface area (Å²) in [6, 6.07) is 59.7. The highest BCUT2D eigenvalue weighted by molar-refractivity contribution is 6.12. The Morgan fingerprint density at radius 3 is 1.67 bits per heavy atom. The second-order valence-electron chi connectivity index (χ2n) is 12.6. The molecule has 8 aromatic carbocycles. The molecule has 9 aromatic rings. The molecule has 0 radical (unpaired) electrons. The van der Waals surface area contributed by atoms with Crippen molar-refractivity contribution < 1.29 is 4.74 Å². The van der Waals surface area contributed by atoms with Crippen LogP contribution < -0.4 is 4.74 Å². The Bertz CT molecular complexity index is 2680. The number of ether oxygens (including phenoxy) is 1. The molecule has 1 aromatic heterocycles. The van der Waals surface area contributed by atoms with Gasteiger partial charge in [-0.15, -0.1) is 0 Å². The van der Waals surface area contributed by atoms with Crippen LogP contribution in [0.3, 0.4) is 0 Å². The first-order chi connectivity index (χ1) is 24.3. The largest absolute Gasteiger partial charge is 0.456 e. The third-order valence-electron chi connectivity index (χ3n) is 9.67. The molecule has 0 fully saturated rings. The van der Waals surface area contributed by atoms with Gasteiger partial charge in [0.1, 0.15) is 11.5 Å². The van der Waals surface area contributed by atoms with E-state index in [-0.39, 0.29) is 0 Å². The van der Waals surface area contributed by atoms with Gasteiger partial charge in [0.05, 0.1) is 11.4 Å². The number of nitrogens with zero attached hydrogens (tertiary/aromatic N) is 2. The van der Waals surface area contributed by atoms with E-state index in [1.165, 1.54) is 43.6 Å². The van der Waals surface area contributed by atoms with Crippen LogP contribution in [0.1, 0.15) is 0 Å². The number of benzene rings is 8. The first-order valence-corrected chi connectivity index (χ1v) is 16.6. The van der Waals surface area contributed by atoms with Gasteiger partial charge in [0.15, 0.2) is 5.82 Å². The predicted molar refractivity (Wildman–Crippen MR) is 202 cm³/mol. The molecule has 10 rings (SSSR count). The highest BCUT2D eigenvalue weighted by atomic mass is 16.5. The van der Waals surface area contributed by atoms with Crippen molar-refractivity contribution in [2.24, 2.45) is 0 Å². The van der Waals surface area contributed by atoms with Crippen molar-refractivity contribution in [2.45, 2.75) is 0 Å². The average molecular weight is 625 g/mol. The molecule has 1 aliphatic heterocycles. The van der Waals surface area contributed by atoms with Crippen LogP contribution in [0.15, 0.2) is 170 Å². The number of aromatic nitrogens is 2. The van der Waals surface area contributed by atoms with E-state index < -0.39 is 0 Å². The molecule has 0 saturated heterocycles. The first kappa shape index (κ1) is 27.5. The minimum Gasteiger partial charge on any atom is -0.456 e. The lowest BCUT2D eigenvalue weighted by atomic mass is 9.89. The van der Waals surface area contributed by atoms with Gasteiger partial charge >= 0.3 is 0 Å². The number of rotatable bonds is 4. The van der Waals surface area contributed by atoms with Crippen LogP contribution in [-0.2, 0) is 0 Å². The minimum absolute atomic E-state index is 0.715. The van der Waals surface area contributed by atoms with Gasteiger partial charge < -0.3 is 4.74 Å². The third kappa shape index (κ3) is 4.59. The Hall–Kier alpha value is -6.58. The third-order valence-corrected chi connectivity index (χ3v) is 9.67. The average Bonchev–Trinajstić information content (AvgIpc) is 3.18. The zero-order valence-corrected chi connectivity index (χ0v) is 26.5. The lowest BCUT2D eigenvalue weighted by Crippen LogP contribution is -1.97. The maximum absolute atomic E-state index is 6.35. The highest BCUT2D eigenvalue weighted by Crippen LogP contribution is 2.48. The predicted octanol–water partition coefficient (Wildman–Crippen LogP) is 12.4. The van der Waals surface area contributed by atoms with Crippen molar-refractivity contribution in [3.63, 3.8) is 0 Å². The van der Waals surface area contributed by atoms with Crippen LogP contribution in [0.25, 0.3) is 88.5 Å². The van der Waals surface area contributed by atoms with E-state index in [9.17, 15) is 0 Å². The van der Waals surface area contributed by atoms with Gasteiger partial charge in [-0.2, -0.15) is 0 Å². The topological polar surface area (TPSA) is 35.0 Å². The monoisotopic (exact) mass is 624 g/mol. The summed E-state index contributed by atoms with van der Waals surface area (Å²) < 4.78 is 6.35. The minimum atomic E-state index is 0.715. The molecular weight excluding hydrogens is 597 g/mol. The standard InChI is InChI=1S/C46H28N2O/c1-3-10-29(11-4-1)41-28-42(30-12-5-2-6-13-30)48-46(47-41)34-21-23-36-32(27-34)19-18-31-26-33(20-22-35(31)36)37-24-25-44-45-39(37)15-9-16-40(45)38-14-7-8-17-43(38)49-44/h1-28H. The first-order valence-electron chi connectivity index (χ1n) is 16.6. The summed E-state index contributed by atoms with van der Waals surface area (Å²) in [5.41, 5.74) is 9.68. The number of hydrogen-bond acceptors (Lipinski definition) is 3. The van der Waals surface area contributed by atoms with Crippen molar-refractivity contribution in [3.05, 3.63) is 170 Å². The summed E-state index contributed by atoms with van der Waals surface area (Å²) in [7, 11) is 0. The Labute approximate surface area is 283 Å². The molecule has 0 aliphatic carbocycles. The van der Waals surface area contributed by atoms with Crippen LogP contribution in [0.5, 0.6) is 11.5 Å². The lowest BCUT2D eigenvalue weighted by Gasteiger charge is -2.22. The summed E-state index contributed by atoms with van der Waals surface area (Å²) in [6.45, 7) is 0. The molecule has 2 heterocycles. The van der Waals surface area contributed by atoms with Crippen LogP contribution in [0.2, 0.25) is 0 Å². The van der Waals surface area contributed by atoms with Crippen molar-refractivity contribution in [1.29, 1.82) is 0 Å². The van der Waals surface area contributed by atoms with Crippen LogP contribution in [0, 0.1) is 0 Å². The lowest BCUT2D eigenvalue weighted by molar-refractivity contribution is 0.487. The van der Waals surface area contributed by atoms with Gasteiger partial charge in [-0.25, -0.2) is 9.97 Å². The molecular formula is C46H28N2O. The van der Waals surface area contributed by atoms with Gasteiger partial charge in [-0.1, -0.05) is 140 Å². The van der Waals surface area contributed by atoms with E-state index >= 15 is 0 Å². The summed E-state index contributed by atoms with van der Waals surface area (Å²) in [5, 5.41) is 7.15. The van der Waals surface area contributed by atoms with E-state index in [1.54, 1.807) is 0 Å². The van der Waals surface area contributed by atoms with Crippen molar-refractivity contribution in [1.82, 2.24) is 9.97 Å². The van der Waals surface area contributed by atoms with Crippen molar-refractivity contribution >= 4 is 32.3 Å². The zero-order chi connectivity index (χ0) is 32.3. The van der Waals surface area contributed by atoms with Gasteiger partial charge in [0.25, 0.3) is 0 Å². The SMILES string of the molecule is c1ccc(-c2cc(-c3ccccc3)nc(-c3ccc4c(ccc5cc(-c6ccc7c8c(cccc68)-c6ccccc6O7)ccc54)c3)n2)cc1. The quantitative estimate of drug-likeness (QED) is 0.183. The molecule has 3 heteroatoms. The van der Waals surface area contributed by atoms with Crippen LogP contribution in [0.4, 0.5) is 0 Å². The molecule has 3 nitrogen and oxygen atoms in total. The molecule has 0 spiro atoms. The molecule has 1 aliphatic rings. The second kappa shape index (κ2) is 11.0. The number of para-hydroxylation sites is 1. The molecule has 0 atom stereocenters. The van der Waals surface area contributed by atoms with E-state index in [4.69, 9.17) is 14.7 Å². The number of fused-ring (bicyclic) bond motifs is 5. The van der Waals surface area contributed by atoms with E-state index in [0.717, 1.165) is 50.5 Å². The zero-order valence-electron chi connectivity index (χ0n) is 26.5. The highest BCUT2D eigenvalue weighted by Gasteiger charge is 2.21. The Balaban J connectivity index is 1.07. The van der Waals surface area contributed by atoms with E-state index in [1.807, 2.05) is 48.5 Å². The molecule has 0 amide bonds. The maximum atomic E-state index is 6.35. The molecule has 0 saturated carbocycles. The summed E-state index contributed by atoms with van der Waals surface area (Å²) in [4.78, 5) is 10.1. The van der Waals surface area contributed by atoms with Crippen LogP contribution >= 0.6 is 0 Å². The van der Waals surface area contributed by atoms with Gasteiger partial charge in [0.2, 0.25) is 0 Å². The summed E-state index contributed by atoms with van der Waals surface area (Å²) >= 11 is 0. The van der Waals surface area contributed by atoms with Crippen LogP contribution in [-0.4, -0.2) is 9.97 Å². The smallest absolute Gasteiger partial charge is 0.160 e. The molecule has 49 heavy (non-hydrogen) atoms. The van der Waals surface area contributed by atoms with Crippen molar-refractivity contribution in [3.8, 4) is 67.7 Å².